The molecule has 228 valence electrons. The molecular formula is C29H47ClN2O8. The van der Waals surface area contributed by atoms with Crippen LogP contribution in [0.25, 0.3) is 0 Å². The Hall–Kier alpha value is -1.56. The van der Waals surface area contributed by atoms with Crippen LogP contribution < -0.4 is 0 Å². The molecule has 2 N–H and O–H groups in total. The molecule has 8 atom stereocenters. The van der Waals surface area contributed by atoms with E-state index in [1.807, 2.05) is 25.8 Å². The first kappa shape index (κ1) is 32.9. The molecule has 2 heterocycles. The number of halogens is 1. The summed E-state index contributed by atoms with van der Waals surface area (Å²) in [6.07, 6.45) is -1.26. The van der Waals surface area contributed by atoms with Gasteiger partial charge in [0, 0.05) is 50.9 Å². The van der Waals surface area contributed by atoms with E-state index in [9.17, 15) is 24.6 Å². The number of carbonyl (C=O) groups excluding carboxylic acids is 3. The first-order valence-electron chi connectivity index (χ1n) is 14.0. The Morgan fingerprint density at radius 2 is 1.73 bits per heavy atom. The third kappa shape index (κ3) is 4.92. The highest BCUT2D eigenvalue weighted by Gasteiger charge is 2.82. The van der Waals surface area contributed by atoms with Crippen LogP contribution in [0, 0.1) is 16.7 Å². The second-order valence-electron chi connectivity index (χ2n) is 13.4. The fraction of sp³-hybridized carbons (Fsp3) is 0.828. The van der Waals surface area contributed by atoms with Crippen LogP contribution in [0.15, 0.2) is 12.7 Å². The Kier molecular flexibility index (Phi) is 9.00. The van der Waals surface area contributed by atoms with E-state index < -0.39 is 69.6 Å². The molecule has 4 fully saturated rings. The lowest BCUT2D eigenvalue weighted by Gasteiger charge is -2.71. The summed E-state index contributed by atoms with van der Waals surface area (Å²) < 4.78 is 18.3. The zero-order valence-corrected chi connectivity index (χ0v) is 25.7. The summed E-state index contributed by atoms with van der Waals surface area (Å²) in [5, 5.41) is 24.7. The predicted octanol–water partition coefficient (Wildman–Crippen LogP) is 1.74. The number of carbonyl (C=O) groups is 3. The number of aliphatic hydroxyl groups is 2. The molecule has 0 aromatic carbocycles. The number of piperazine rings is 1. The highest BCUT2D eigenvalue weighted by atomic mass is 35.5. The Balaban J connectivity index is 0.00000441. The zero-order valence-electron chi connectivity index (χ0n) is 24.9. The summed E-state index contributed by atoms with van der Waals surface area (Å²) in [7, 11) is 2.04. The van der Waals surface area contributed by atoms with E-state index in [1.165, 1.54) is 19.9 Å². The number of hydrogen-bond acceptors (Lipinski definition) is 10. The minimum Gasteiger partial charge on any atom is -0.461 e. The third-order valence-corrected chi connectivity index (χ3v) is 10.2. The molecule has 4 aliphatic rings. The zero-order chi connectivity index (χ0) is 29.2. The van der Waals surface area contributed by atoms with Gasteiger partial charge in [0.2, 0.25) is 0 Å². The average molecular weight is 587 g/mol. The van der Waals surface area contributed by atoms with Crippen LogP contribution in [0.4, 0.5) is 0 Å². The molecule has 10 nitrogen and oxygen atoms in total. The summed E-state index contributed by atoms with van der Waals surface area (Å²) in [5.41, 5.74) is -7.31. The van der Waals surface area contributed by atoms with Crippen molar-refractivity contribution in [1.29, 1.82) is 0 Å². The highest BCUT2D eigenvalue weighted by molar-refractivity contribution is 5.92. The van der Waals surface area contributed by atoms with Crippen molar-refractivity contribution in [3.63, 3.8) is 0 Å². The number of Topliss-reactive ketones (excluding diaryl/α,β-unsaturated/α-hetero) is 1. The van der Waals surface area contributed by atoms with E-state index in [-0.39, 0.29) is 25.4 Å². The smallest absolute Gasteiger partial charge is 0.320 e. The molecule has 0 aromatic heterocycles. The minimum absolute atomic E-state index is 0. The number of rotatable bonds is 5. The maximum atomic E-state index is 14.2. The normalized spacial score (nSPS) is 43.5. The molecule has 0 amide bonds. The summed E-state index contributed by atoms with van der Waals surface area (Å²) >= 11 is 0. The lowest BCUT2D eigenvalue weighted by atomic mass is 9.39. The van der Waals surface area contributed by atoms with Gasteiger partial charge < -0.3 is 29.3 Å². The average Bonchev–Trinajstić information content (AvgIpc) is 2.83. The molecule has 0 unspecified atom stereocenters. The number of fused-ring (bicyclic) bond motifs is 3. The van der Waals surface area contributed by atoms with E-state index >= 15 is 0 Å². The number of hydrogen-bond donors (Lipinski definition) is 2. The number of ketones is 1. The van der Waals surface area contributed by atoms with Crippen LogP contribution in [0.5, 0.6) is 0 Å². The van der Waals surface area contributed by atoms with Crippen molar-refractivity contribution < 1.29 is 38.8 Å². The molecule has 0 aromatic rings. The van der Waals surface area contributed by atoms with Gasteiger partial charge in [0.15, 0.2) is 17.5 Å². The van der Waals surface area contributed by atoms with Crippen molar-refractivity contribution in [3.05, 3.63) is 12.7 Å². The molecule has 2 aliphatic heterocycles. The van der Waals surface area contributed by atoms with Crippen LogP contribution >= 0.6 is 12.4 Å². The fourth-order valence-electron chi connectivity index (χ4n) is 8.20. The molecule has 2 saturated carbocycles. The van der Waals surface area contributed by atoms with E-state index in [1.54, 1.807) is 13.8 Å². The SMILES string of the molecule is C=C[C@@]1(C)CC(=O)[C@]2(O)[C@@]3(C)[C@@H](OC(=O)CN4CCN(C)CC4)CCC(C)(C)[C@@H]3[C@H](O)[C@H](OC(C)=O)[C@@]2(C)O1.Cl. The van der Waals surface area contributed by atoms with Gasteiger partial charge in [0.25, 0.3) is 0 Å². The van der Waals surface area contributed by atoms with Gasteiger partial charge in [-0.3, -0.25) is 19.3 Å². The monoisotopic (exact) mass is 586 g/mol. The Labute approximate surface area is 243 Å². The highest BCUT2D eigenvalue weighted by Crippen LogP contribution is 2.67. The number of nitrogens with zero attached hydrogens (tertiary/aromatic N) is 2. The van der Waals surface area contributed by atoms with Crippen molar-refractivity contribution in [3.8, 4) is 0 Å². The van der Waals surface area contributed by atoms with E-state index in [4.69, 9.17) is 14.2 Å². The number of aliphatic hydroxyl groups excluding tert-OH is 1. The molecule has 4 rings (SSSR count). The van der Waals surface area contributed by atoms with Gasteiger partial charge in [-0.25, -0.2) is 0 Å². The topological polar surface area (TPSA) is 126 Å². The molecule has 0 spiro atoms. The van der Waals surface area contributed by atoms with Crippen LogP contribution in [0.3, 0.4) is 0 Å². The largest absolute Gasteiger partial charge is 0.461 e. The Bertz CT molecular complexity index is 1030. The van der Waals surface area contributed by atoms with E-state index in [0.717, 1.165) is 26.2 Å². The Morgan fingerprint density at radius 1 is 1.12 bits per heavy atom. The van der Waals surface area contributed by atoms with Gasteiger partial charge >= 0.3 is 11.9 Å². The van der Waals surface area contributed by atoms with Gasteiger partial charge in [-0.1, -0.05) is 26.8 Å². The second kappa shape index (κ2) is 10.9. The summed E-state index contributed by atoms with van der Waals surface area (Å²) in [5.74, 6) is -2.39. The lowest BCUT2D eigenvalue weighted by Crippen LogP contribution is -2.87. The summed E-state index contributed by atoms with van der Waals surface area (Å²) in [6.45, 7) is 17.1. The molecule has 40 heavy (non-hydrogen) atoms. The van der Waals surface area contributed by atoms with Gasteiger partial charge in [0.05, 0.1) is 18.2 Å². The number of ether oxygens (including phenoxy) is 3. The standard InChI is InChI=1S/C29H46N2O8.ClH/c1-9-26(5)16-19(33)29(36)27(6)20(38-21(34)17-31-14-12-30(8)13-15-31)10-11-25(3,4)23(27)22(35)24(37-18(2)32)28(29,7)39-26;/h9,20,22-24,35-36H,1,10-17H2,2-8H3;1H/t20-,22-,23-,24-,26-,27-,28+,29-;/m0./s1. The maximum absolute atomic E-state index is 14.2. The quantitative estimate of drug-likeness (QED) is 0.363. The second-order valence-corrected chi connectivity index (χ2v) is 13.4. The summed E-state index contributed by atoms with van der Waals surface area (Å²) in [6, 6.07) is 0. The summed E-state index contributed by atoms with van der Waals surface area (Å²) in [4.78, 5) is 43.9. The van der Waals surface area contributed by atoms with Crippen LogP contribution in [0.1, 0.15) is 60.8 Å². The lowest BCUT2D eigenvalue weighted by molar-refractivity contribution is -0.370. The van der Waals surface area contributed by atoms with E-state index in [0.29, 0.717) is 12.8 Å². The van der Waals surface area contributed by atoms with Crippen molar-refractivity contribution in [2.24, 2.45) is 16.7 Å². The minimum atomic E-state index is -2.25. The van der Waals surface area contributed by atoms with Crippen molar-refractivity contribution in [1.82, 2.24) is 9.80 Å². The van der Waals surface area contributed by atoms with Crippen LogP contribution in [-0.4, -0.2) is 113 Å². The molecule has 2 saturated heterocycles. The van der Waals surface area contributed by atoms with Gasteiger partial charge in [-0.2, -0.15) is 0 Å². The van der Waals surface area contributed by atoms with Crippen molar-refractivity contribution in [2.75, 3.05) is 39.8 Å². The fourth-order valence-corrected chi connectivity index (χ4v) is 8.20. The van der Waals surface area contributed by atoms with Crippen LogP contribution in [0.2, 0.25) is 0 Å². The van der Waals surface area contributed by atoms with Crippen LogP contribution in [-0.2, 0) is 28.6 Å². The molecule has 11 heteroatoms. The van der Waals surface area contributed by atoms with Gasteiger partial charge in [-0.15, -0.1) is 19.0 Å². The number of esters is 2. The maximum Gasteiger partial charge on any atom is 0.320 e. The third-order valence-electron chi connectivity index (χ3n) is 10.2. The first-order chi connectivity index (χ1) is 17.9. The molecule has 0 radical (unpaired) electrons. The van der Waals surface area contributed by atoms with Gasteiger partial charge in [-0.05, 0) is 39.2 Å². The van der Waals surface area contributed by atoms with Crippen molar-refractivity contribution >= 4 is 30.1 Å². The van der Waals surface area contributed by atoms with Gasteiger partial charge in [0.1, 0.15) is 11.7 Å². The first-order valence-corrected chi connectivity index (χ1v) is 14.0. The van der Waals surface area contributed by atoms with E-state index in [2.05, 4.69) is 11.5 Å². The molecule has 0 bridgehead atoms. The molecule has 2 aliphatic carbocycles. The Morgan fingerprint density at radius 3 is 2.27 bits per heavy atom. The molecular weight excluding hydrogens is 540 g/mol. The van der Waals surface area contributed by atoms with Crippen molar-refractivity contribution in [2.45, 2.75) is 95.9 Å². The number of likely N-dealkylation sites (N-methyl/N-ethyl adjacent to an activating group) is 1. The predicted molar refractivity (Wildman–Crippen MR) is 150 cm³/mol.